The molecule has 8 atom stereocenters. The highest BCUT2D eigenvalue weighted by atomic mass is 16.5. The first kappa shape index (κ1) is 24.0. The molecule has 0 spiro atoms. The van der Waals surface area contributed by atoms with E-state index in [1.165, 1.54) is 90.0 Å². The molecule has 5 N–H and O–H groups in total. The first-order valence-corrected chi connectivity index (χ1v) is 13.9. The van der Waals surface area contributed by atoms with Crippen LogP contribution in [0.4, 0.5) is 0 Å². The van der Waals surface area contributed by atoms with Crippen LogP contribution < -0.4 is 16.8 Å². The van der Waals surface area contributed by atoms with Crippen LogP contribution in [0.15, 0.2) is 0 Å². The van der Waals surface area contributed by atoms with Crippen molar-refractivity contribution in [3.05, 3.63) is 0 Å². The van der Waals surface area contributed by atoms with Gasteiger partial charge in [-0.15, -0.1) is 0 Å². The fourth-order valence-corrected chi connectivity index (χ4v) is 8.53. The molecule has 4 aliphatic carbocycles. The lowest BCUT2D eigenvalue weighted by atomic mass is 9.50. The SMILES string of the molecule is C[C@]12CCC3C(CC[C@H]4C[C@@H](OCCCN)CCC34)C1CCC2NCCCCCCN. The van der Waals surface area contributed by atoms with Crippen LogP contribution in [0.3, 0.4) is 0 Å². The molecule has 4 saturated carbocycles. The van der Waals surface area contributed by atoms with Gasteiger partial charge in [0.1, 0.15) is 0 Å². The van der Waals surface area contributed by atoms with Crippen molar-refractivity contribution in [1.82, 2.24) is 5.32 Å². The van der Waals surface area contributed by atoms with Crippen molar-refractivity contribution in [2.45, 2.75) is 109 Å². The normalized spacial score (nSPS) is 42.1. The van der Waals surface area contributed by atoms with Crippen LogP contribution in [0, 0.1) is 35.0 Å². The lowest BCUT2D eigenvalue weighted by molar-refractivity contribution is -0.0843. The monoisotopic (exact) mass is 433 g/mol. The summed E-state index contributed by atoms with van der Waals surface area (Å²) in [6.07, 6.45) is 19.5. The minimum absolute atomic E-state index is 0.517. The van der Waals surface area contributed by atoms with Gasteiger partial charge in [0.05, 0.1) is 6.10 Å². The van der Waals surface area contributed by atoms with Gasteiger partial charge in [0.15, 0.2) is 0 Å². The van der Waals surface area contributed by atoms with Crippen LogP contribution >= 0.6 is 0 Å². The molecule has 180 valence electrons. The summed E-state index contributed by atoms with van der Waals surface area (Å²) < 4.78 is 6.18. The molecule has 0 aromatic rings. The zero-order valence-electron chi connectivity index (χ0n) is 20.3. The lowest BCUT2D eigenvalue weighted by Gasteiger charge is -2.56. The number of nitrogens with two attached hydrogens (primary N) is 2. The molecule has 0 aromatic heterocycles. The molecule has 31 heavy (non-hydrogen) atoms. The number of ether oxygens (including phenoxy) is 1. The minimum Gasteiger partial charge on any atom is -0.378 e. The molecular formula is C27H51N3O. The Morgan fingerprint density at radius 1 is 0.806 bits per heavy atom. The van der Waals surface area contributed by atoms with E-state index in [0.717, 1.165) is 61.7 Å². The fraction of sp³-hybridized carbons (Fsp3) is 1.00. The summed E-state index contributed by atoms with van der Waals surface area (Å²) in [7, 11) is 0. The molecule has 5 unspecified atom stereocenters. The Bertz CT molecular complexity index is 543. The van der Waals surface area contributed by atoms with E-state index in [9.17, 15) is 0 Å². The van der Waals surface area contributed by atoms with Crippen LogP contribution in [-0.4, -0.2) is 38.4 Å². The van der Waals surface area contributed by atoms with E-state index in [4.69, 9.17) is 16.2 Å². The second-order valence-corrected chi connectivity index (χ2v) is 11.7. The van der Waals surface area contributed by atoms with Gasteiger partial charge < -0.3 is 21.5 Å². The Kier molecular flexibility index (Phi) is 8.75. The molecule has 0 amide bonds. The number of nitrogens with one attached hydrogen (secondary N) is 1. The van der Waals surface area contributed by atoms with Crippen molar-refractivity contribution in [3.8, 4) is 0 Å². The van der Waals surface area contributed by atoms with Crippen molar-refractivity contribution in [1.29, 1.82) is 0 Å². The molecule has 4 rings (SSSR count). The second kappa shape index (κ2) is 11.3. The Hall–Kier alpha value is -0.160. The van der Waals surface area contributed by atoms with Gasteiger partial charge in [-0.05, 0) is 132 Å². The van der Waals surface area contributed by atoms with E-state index in [0.29, 0.717) is 11.5 Å². The maximum absolute atomic E-state index is 6.18. The highest BCUT2D eigenvalue weighted by molar-refractivity contribution is 5.08. The molecule has 4 fully saturated rings. The summed E-state index contributed by atoms with van der Waals surface area (Å²) in [6.45, 7) is 6.34. The Balaban J connectivity index is 1.28. The summed E-state index contributed by atoms with van der Waals surface area (Å²) in [5.41, 5.74) is 11.8. The van der Waals surface area contributed by atoms with Crippen molar-refractivity contribution in [2.75, 3.05) is 26.2 Å². The summed E-state index contributed by atoms with van der Waals surface area (Å²) in [6, 6.07) is 0.761. The van der Waals surface area contributed by atoms with Gasteiger partial charge >= 0.3 is 0 Å². The van der Waals surface area contributed by atoms with E-state index < -0.39 is 0 Å². The van der Waals surface area contributed by atoms with Gasteiger partial charge in [0, 0.05) is 12.6 Å². The predicted molar refractivity (Wildman–Crippen MR) is 130 cm³/mol. The molecule has 0 aliphatic heterocycles. The minimum atomic E-state index is 0.517. The summed E-state index contributed by atoms with van der Waals surface area (Å²) >= 11 is 0. The van der Waals surface area contributed by atoms with Gasteiger partial charge in [-0.1, -0.05) is 19.8 Å². The number of fused-ring (bicyclic) bond motifs is 5. The van der Waals surface area contributed by atoms with E-state index in [1.807, 2.05) is 0 Å². The maximum Gasteiger partial charge on any atom is 0.0578 e. The van der Waals surface area contributed by atoms with E-state index in [-0.39, 0.29) is 0 Å². The third-order valence-electron chi connectivity index (χ3n) is 10.1. The van der Waals surface area contributed by atoms with Gasteiger partial charge in [0.2, 0.25) is 0 Å². The third kappa shape index (κ3) is 5.34. The van der Waals surface area contributed by atoms with Gasteiger partial charge in [-0.2, -0.15) is 0 Å². The molecule has 4 heteroatoms. The molecule has 4 nitrogen and oxygen atoms in total. The zero-order chi connectivity index (χ0) is 21.7. The highest BCUT2D eigenvalue weighted by Gasteiger charge is 2.56. The molecule has 0 heterocycles. The van der Waals surface area contributed by atoms with Gasteiger partial charge in [0.25, 0.3) is 0 Å². The average molecular weight is 434 g/mol. The van der Waals surface area contributed by atoms with Crippen LogP contribution in [0.25, 0.3) is 0 Å². The smallest absolute Gasteiger partial charge is 0.0578 e. The highest BCUT2D eigenvalue weighted by Crippen LogP contribution is 2.62. The van der Waals surface area contributed by atoms with E-state index >= 15 is 0 Å². The maximum atomic E-state index is 6.18. The number of hydrogen-bond acceptors (Lipinski definition) is 4. The van der Waals surface area contributed by atoms with Crippen molar-refractivity contribution in [3.63, 3.8) is 0 Å². The number of unbranched alkanes of at least 4 members (excludes halogenated alkanes) is 3. The van der Waals surface area contributed by atoms with Crippen molar-refractivity contribution in [2.24, 2.45) is 46.5 Å². The summed E-state index contributed by atoms with van der Waals surface area (Å²) in [5, 5.41) is 4.02. The average Bonchev–Trinajstić information content (AvgIpc) is 3.12. The second-order valence-electron chi connectivity index (χ2n) is 11.7. The Morgan fingerprint density at radius 3 is 2.45 bits per heavy atom. The number of rotatable bonds is 11. The third-order valence-corrected chi connectivity index (χ3v) is 10.1. The molecule has 0 radical (unpaired) electrons. The Labute approximate surface area is 192 Å². The lowest BCUT2D eigenvalue weighted by Crippen LogP contribution is -2.52. The quantitative estimate of drug-likeness (QED) is 0.407. The summed E-state index contributed by atoms with van der Waals surface area (Å²) in [4.78, 5) is 0. The van der Waals surface area contributed by atoms with Crippen LogP contribution in [0.2, 0.25) is 0 Å². The topological polar surface area (TPSA) is 73.3 Å². The van der Waals surface area contributed by atoms with Gasteiger partial charge in [-0.25, -0.2) is 0 Å². The van der Waals surface area contributed by atoms with Gasteiger partial charge in [-0.3, -0.25) is 0 Å². The first-order chi connectivity index (χ1) is 15.2. The summed E-state index contributed by atoms with van der Waals surface area (Å²) in [5.74, 6) is 4.92. The van der Waals surface area contributed by atoms with E-state index in [1.54, 1.807) is 0 Å². The molecule has 4 aliphatic rings. The fourth-order valence-electron chi connectivity index (χ4n) is 8.53. The standard InChI is InChI=1S/C27H51N3O/c1-27-14-13-23-22-10-8-21(31-18-6-16-29)19-20(22)7-9-24(23)25(27)11-12-26(27)30-17-5-3-2-4-15-28/h20-26,30H,2-19,28-29H2,1H3/t20-,21-,22?,23?,24?,25?,26?,27-/m0/s1. The largest absolute Gasteiger partial charge is 0.378 e. The Morgan fingerprint density at radius 2 is 1.61 bits per heavy atom. The first-order valence-electron chi connectivity index (χ1n) is 13.9. The molecule has 0 bridgehead atoms. The molecule has 0 saturated heterocycles. The van der Waals surface area contributed by atoms with Crippen LogP contribution in [-0.2, 0) is 4.74 Å². The van der Waals surface area contributed by atoms with Crippen molar-refractivity contribution < 1.29 is 4.74 Å². The zero-order valence-corrected chi connectivity index (χ0v) is 20.3. The van der Waals surface area contributed by atoms with Crippen molar-refractivity contribution >= 4 is 0 Å². The number of hydrogen-bond donors (Lipinski definition) is 3. The van der Waals surface area contributed by atoms with E-state index in [2.05, 4.69) is 12.2 Å². The predicted octanol–water partition coefficient (Wildman–Crippen LogP) is 4.85. The molecular weight excluding hydrogens is 382 g/mol. The van der Waals surface area contributed by atoms with Crippen LogP contribution in [0.5, 0.6) is 0 Å². The molecule has 0 aromatic carbocycles. The van der Waals surface area contributed by atoms with Crippen LogP contribution in [0.1, 0.15) is 96.8 Å².